The maximum atomic E-state index is 4.81. The molecule has 0 aliphatic carbocycles. The summed E-state index contributed by atoms with van der Waals surface area (Å²) < 4.78 is 0. The molecule has 0 fully saturated rings. The lowest BCUT2D eigenvalue weighted by atomic mass is 10.0. The van der Waals surface area contributed by atoms with Crippen molar-refractivity contribution in [3.05, 3.63) is 96.9 Å². The first-order valence-corrected chi connectivity index (χ1v) is 12.9. The molecule has 0 unspecified atom stereocenters. The quantitative estimate of drug-likeness (QED) is 0.214. The van der Waals surface area contributed by atoms with Gasteiger partial charge in [-0.1, -0.05) is 57.7 Å². The zero-order valence-corrected chi connectivity index (χ0v) is 21.6. The Morgan fingerprint density at radius 2 is 1.83 bits per heavy atom. The first kappa shape index (κ1) is 25.2. The zero-order chi connectivity index (χ0) is 25.5. The Labute approximate surface area is 215 Å². The zero-order valence-electron chi connectivity index (χ0n) is 21.6. The molecule has 0 saturated carbocycles. The minimum absolute atomic E-state index is 0.542. The van der Waals surface area contributed by atoms with Gasteiger partial charge in [-0.3, -0.25) is 0 Å². The van der Waals surface area contributed by atoms with Crippen molar-refractivity contribution in [3.63, 3.8) is 0 Å². The minimum Gasteiger partial charge on any atom is -0.342 e. The van der Waals surface area contributed by atoms with Crippen molar-refractivity contribution >= 4 is 34.4 Å². The molecule has 0 saturated heterocycles. The lowest BCUT2D eigenvalue weighted by Gasteiger charge is -2.32. The van der Waals surface area contributed by atoms with Crippen molar-refractivity contribution in [2.24, 2.45) is 0 Å². The van der Waals surface area contributed by atoms with Crippen molar-refractivity contribution in [2.75, 3.05) is 22.1 Å². The summed E-state index contributed by atoms with van der Waals surface area (Å²) in [6, 6.07) is 15.0. The van der Waals surface area contributed by atoms with E-state index in [-0.39, 0.29) is 0 Å². The lowest BCUT2D eigenvalue weighted by molar-refractivity contribution is 0.717. The summed E-state index contributed by atoms with van der Waals surface area (Å²) in [7, 11) is 0. The van der Waals surface area contributed by atoms with Crippen LogP contribution in [0, 0.1) is 0 Å². The van der Waals surface area contributed by atoms with Gasteiger partial charge in [0, 0.05) is 41.1 Å². The van der Waals surface area contributed by atoms with Crippen molar-refractivity contribution in [3.8, 4) is 0 Å². The number of benzene rings is 2. The standard InChI is InChI=1S/C31H37N5/c1-6-8-9-11-24-13-16-26(17-14-24)34-31-32-21-28(22(3)4)30(35-31)33-27-18-15-25-12-10-19-36(23(5)7-2)29(25)20-27/h7,13-18,20-21H,2-3,5-6,8-12,19H2,1,4H3,(H2,32,33,34,35). The summed E-state index contributed by atoms with van der Waals surface area (Å²) in [6.45, 7) is 17.3. The molecule has 1 aromatic heterocycles. The second-order valence-corrected chi connectivity index (χ2v) is 9.43. The van der Waals surface area contributed by atoms with E-state index in [0.29, 0.717) is 5.95 Å². The lowest BCUT2D eigenvalue weighted by Crippen LogP contribution is -2.27. The van der Waals surface area contributed by atoms with Crippen molar-refractivity contribution < 1.29 is 0 Å². The highest BCUT2D eigenvalue weighted by Gasteiger charge is 2.19. The first-order valence-electron chi connectivity index (χ1n) is 12.9. The molecular formula is C31H37N5. The van der Waals surface area contributed by atoms with Crippen molar-refractivity contribution in [2.45, 2.75) is 52.4 Å². The number of aryl methyl sites for hydroxylation is 2. The Hall–Kier alpha value is -3.86. The minimum atomic E-state index is 0.542. The fourth-order valence-electron chi connectivity index (χ4n) is 4.51. The number of fused-ring (bicyclic) bond motifs is 1. The Morgan fingerprint density at radius 1 is 1.06 bits per heavy atom. The van der Waals surface area contributed by atoms with Gasteiger partial charge in [-0.15, -0.1) is 0 Å². The number of hydrogen-bond donors (Lipinski definition) is 2. The average Bonchev–Trinajstić information content (AvgIpc) is 2.89. The molecule has 2 heterocycles. The summed E-state index contributed by atoms with van der Waals surface area (Å²) in [5.74, 6) is 1.27. The molecule has 0 spiro atoms. The predicted molar refractivity (Wildman–Crippen MR) is 154 cm³/mol. The van der Waals surface area contributed by atoms with Crippen LogP contribution in [0.2, 0.25) is 0 Å². The molecule has 0 bridgehead atoms. The number of hydrogen-bond acceptors (Lipinski definition) is 5. The molecule has 0 amide bonds. The number of allylic oxidation sites excluding steroid dienone is 2. The SMILES string of the molecule is C=CC(=C)N1CCCc2ccc(Nc3nc(Nc4ccc(CCCCC)cc4)ncc3C(=C)C)cc21. The van der Waals surface area contributed by atoms with Crippen LogP contribution in [0.5, 0.6) is 0 Å². The normalized spacial score (nSPS) is 12.6. The van der Waals surface area contributed by atoms with Crippen LogP contribution in [0.4, 0.5) is 28.8 Å². The van der Waals surface area contributed by atoms with Crippen LogP contribution in [0.15, 0.2) is 80.2 Å². The topological polar surface area (TPSA) is 53.1 Å². The van der Waals surface area contributed by atoms with Gasteiger partial charge in [0.05, 0.1) is 0 Å². The van der Waals surface area contributed by atoms with E-state index in [2.05, 4.69) is 89.6 Å². The third kappa shape index (κ3) is 6.03. The van der Waals surface area contributed by atoms with Gasteiger partial charge in [0.25, 0.3) is 0 Å². The maximum absolute atomic E-state index is 4.81. The number of aromatic nitrogens is 2. The third-order valence-corrected chi connectivity index (χ3v) is 6.58. The molecule has 36 heavy (non-hydrogen) atoms. The monoisotopic (exact) mass is 479 g/mol. The van der Waals surface area contributed by atoms with Gasteiger partial charge in [-0.25, -0.2) is 4.98 Å². The summed E-state index contributed by atoms with van der Waals surface area (Å²) in [4.78, 5) is 11.6. The molecule has 2 N–H and O–H groups in total. The highest BCUT2D eigenvalue weighted by molar-refractivity contribution is 5.77. The van der Waals surface area contributed by atoms with Crippen molar-refractivity contribution in [1.82, 2.24) is 9.97 Å². The first-order chi connectivity index (χ1) is 17.5. The molecular weight excluding hydrogens is 442 g/mol. The largest absolute Gasteiger partial charge is 0.342 e. The Balaban J connectivity index is 1.56. The molecule has 1 aliphatic rings. The van der Waals surface area contributed by atoms with Crippen LogP contribution in [0.25, 0.3) is 5.57 Å². The van der Waals surface area contributed by atoms with E-state index >= 15 is 0 Å². The van der Waals surface area contributed by atoms with Crippen LogP contribution in [0.3, 0.4) is 0 Å². The van der Waals surface area contributed by atoms with E-state index in [1.54, 1.807) is 0 Å². The van der Waals surface area contributed by atoms with Crippen molar-refractivity contribution in [1.29, 1.82) is 0 Å². The molecule has 186 valence electrons. The van der Waals surface area contributed by atoms with E-state index in [1.165, 1.54) is 36.1 Å². The van der Waals surface area contributed by atoms with Crippen LogP contribution in [0.1, 0.15) is 56.2 Å². The van der Waals surface area contributed by atoms with E-state index < -0.39 is 0 Å². The number of unbranched alkanes of at least 4 members (excludes halogenated alkanes) is 2. The highest BCUT2D eigenvalue weighted by atomic mass is 15.2. The van der Waals surface area contributed by atoms with E-state index in [4.69, 9.17) is 4.98 Å². The smallest absolute Gasteiger partial charge is 0.229 e. The second kappa shape index (κ2) is 11.7. The molecule has 3 aromatic rings. The van der Waals surface area contributed by atoms with E-state index in [0.717, 1.165) is 59.8 Å². The second-order valence-electron chi connectivity index (χ2n) is 9.43. The van der Waals surface area contributed by atoms with E-state index in [9.17, 15) is 0 Å². The Morgan fingerprint density at radius 3 is 2.56 bits per heavy atom. The summed E-state index contributed by atoms with van der Waals surface area (Å²) in [6.07, 6.45) is 10.7. The molecule has 2 aromatic carbocycles. The van der Waals surface area contributed by atoms with Crippen LogP contribution < -0.4 is 15.5 Å². The van der Waals surface area contributed by atoms with Gasteiger partial charge in [0.1, 0.15) is 5.82 Å². The van der Waals surface area contributed by atoms with Gasteiger partial charge < -0.3 is 15.5 Å². The molecule has 4 rings (SSSR count). The van der Waals surface area contributed by atoms with Crippen LogP contribution in [-0.4, -0.2) is 16.5 Å². The van der Waals surface area contributed by atoms with Gasteiger partial charge >= 0.3 is 0 Å². The molecule has 5 heteroatoms. The summed E-state index contributed by atoms with van der Waals surface area (Å²) in [5, 5.41) is 6.86. The Kier molecular flexibility index (Phi) is 8.21. The van der Waals surface area contributed by atoms with E-state index in [1.807, 2.05) is 19.2 Å². The number of nitrogens with zero attached hydrogens (tertiary/aromatic N) is 3. The highest BCUT2D eigenvalue weighted by Crippen LogP contribution is 2.34. The van der Waals surface area contributed by atoms with Crippen LogP contribution in [-0.2, 0) is 12.8 Å². The number of anilines is 5. The van der Waals surface area contributed by atoms with Crippen LogP contribution >= 0.6 is 0 Å². The number of nitrogens with one attached hydrogen (secondary N) is 2. The van der Waals surface area contributed by atoms with Gasteiger partial charge in [-0.05, 0) is 79.6 Å². The maximum Gasteiger partial charge on any atom is 0.229 e. The predicted octanol–water partition coefficient (Wildman–Crippen LogP) is 8.18. The average molecular weight is 480 g/mol. The van der Waals surface area contributed by atoms with Gasteiger partial charge in [0.15, 0.2) is 0 Å². The molecule has 1 aliphatic heterocycles. The molecule has 0 radical (unpaired) electrons. The van der Waals surface area contributed by atoms with Gasteiger partial charge in [-0.2, -0.15) is 4.98 Å². The third-order valence-electron chi connectivity index (χ3n) is 6.58. The van der Waals surface area contributed by atoms with Gasteiger partial charge in [0.2, 0.25) is 5.95 Å². The number of rotatable bonds is 11. The summed E-state index contributed by atoms with van der Waals surface area (Å²) in [5.41, 5.74) is 8.47. The summed E-state index contributed by atoms with van der Waals surface area (Å²) >= 11 is 0. The fraction of sp³-hybridized carbons (Fsp3) is 0.290. The fourth-order valence-corrected chi connectivity index (χ4v) is 4.51. The Bertz CT molecular complexity index is 1240. The molecule has 5 nitrogen and oxygen atoms in total. The molecule has 0 atom stereocenters.